The standard InChI is InChI=1S/C23H18ClFN4O/c1-14-6-8-16(9-7-14)22-27-21(23(30)26-18-12-10-17(25)11-13-18)28-29(22)20-5-3-4-19(24)15(20)2/h3-13H,1-2H3,(H,26,30). The van der Waals surface area contributed by atoms with Crippen molar-refractivity contribution in [1.82, 2.24) is 14.8 Å². The normalized spacial score (nSPS) is 10.8. The minimum Gasteiger partial charge on any atom is -0.319 e. The van der Waals surface area contributed by atoms with Crippen LogP contribution in [0.1, 0.15) is 21.7 Å². The SMILES string of the molecule is Cc1ccc(-c2nc(C(=O)Nc3ccc(F)cc3)nn2-c2cccc(Cl)c2C)cc1. The Labute approximate surface area is 178 Å². The van der Waals surface area contributed by atoms with Gasteiger partial charge in [0.15, 0.2) is 5.82 Å². The number of halogens is 2. The predicted molar refractivity (Wildman–Crippen MR) is 116 cm³/mol. The highest BCUT2D eigenvalue weighted by Crippen LogP contribution is 2.27. The molecule has 0 radical (unpaired) electrons. The molecular formula is C23H18ClFN4O. The third-order valence-corrected chi connectivity index (χ3v) is 5.10. The minimum absolute atomic E-state index is 0.00530. The lowest BCUT2D eigenvalue weighted by Crippen LogP contribution is -2.14. The minimum atomic E-state index is -0.492. The Morgan fingerprint density at radius 1 is 1.00 bits per heavy atom. The van der Waals surface area contributed by atoms with Crippen molar-refractivity contribution in [1.29, 1.82) is 0 Å². The van der Waals surface area contributed by atoms with Crippen molar-refractivity contribution < 1.29 is 9.18 Å². The number of anilines is 1. The Morgan fingerprint density at radius 2 is 1.70 bits per heavy atom. The molecule has 0 aliphatic heterocycles. The van der Waals surface area contributed by atoms with E-state index in [9.17, 15) is 9.18 Å². The van der Waals surface area contributed by atoms with E-state index in [-0.39, 0.29) is 11.6 Å². The molecule has 0 spiro atoms. The van der Waals surface area contributed by atoms with Crippen molar-refractivity contribution in [3.05, 3.63) is 94.5 Å². The first-order valence-corrected chi connectivity index (χ1v) is 9.66. The molecular weight excluding hydrogens is 403 g/mol. The molecule has 3 aromatic carbocycles. The monoisotopic (exact) mass is 420 g/mol. The van der Waals surface area contributed by atoms with Crippen molar-refractivity contribution in [2.24, 2.45) is 0 Å². The van der Waals surface area contributed by atoms with E-state index < -0.39 is 5.91 Å². The largest absolute Gasteiger partial charge is 0.319 e. The first-order valence-electron chi connectivity index (χ1n) is 9.29. The number of rotatable bonds is 4. The van der Waals surface area contributed by atoms with Crippen LogP contribution in [0.5, 0.6) is 0 Å². The van der Waals surface area contributed by atoms with Crippen LogP contribution in [0.15, 0.2) is 66.7 Å². The van der Waals surface area contributed by atoms with Gasteiger partial charge in [-0.3, -0.25) is 4.79 Å². The van der Waals surface area contributed by atoms with Gasteiger partial charge in [-0.1, -0.05) is 47.5 Å². The van der Waals surface area contributed by atoms with Crippen molar-refractivity contribution in [3.63, 3.8) is 0 Å². The number of aromatic nitrogens is 3. The highest BCUT2D eigenvalue weighted by atomic mass is 35.5. The van der Waals surface area contributed by atoms with Crippen molar-refractivity contribution in [2.75, 3.05) is 5.32 Å². The summed E-state index contributed by atoms with van der Waals surface area (Å²) < 4.78 is 14.7. The van der Waals surface area contributed by atoms with Gasteiger partial charge in [0.05, 0.1) is 5.69 Å². The zero-order valence-corrected chi connectivity index (χ0v) is 17.1. The van der Waals surface area contributed by atoms with Crippen LogP contribution in [0, 0.1) is 19.7 Å². The number of hydrogen-bond acceptors (Lipinski definition) is 3. The van der Waals surface area contributed by atoms with Crippen molar-refractivity contribution in [2.45, 2.75) is 13.8 Å². The molecule has 7 heteroatoms. The fourth-order valence-corrected chi connectivity index (χ4v) is 3.18. The van der Waals surface area contributed by atoms with Gasteiger partial charge in [0.2, 0.25) is 5.82 Å². The Morgan fingerprint density at radius 3 is 2.40 bits per heavy atom. The molecule has 0 aliphatic rings. The van der Waals surface area contributed by atoms with E-state index in [0.29, 0.717) is 16.5 Å². The molecule has 30 heavy (non-hydrogen) atoms. The molecule has 1 heterocycles. The second-order valence-electron chi connectivity index (χ2n) is 6.88. The molecule has 0 fully saturated rings. The molecule has 5 nitrogen and oxygen atoms in total. The Hall–Kier alpha value is -3.51. The molecule has 0 aliphatic carbocycles. The number of carbonyl (C=O) groups excluding carboxylic acids is 1. The lowest BCUT2D eigenvalue weighted by Gasteiger charge is -2.10. The van der Waals surface area contributed by atoms with Crippen LogP contribution in [0.25, 0.3) is 17.1 Å². The third kappa shape index (κ3) is 3.95. The lowest BCUT2D eigenvalue weighted by molar-refractivity contribution is 0.101. The Kier molecular flexibility index (Phi) is 5.33. The van der Waals surface area contributed by atoms with Gasteiger partial charge in [0, 0.05) is 16.3 Å². The summed E-state index contributed by atoms with van der Waals surface area (Å²) in [6.45, 7) is 3.88. The average Bonchev–Trinajstić information content (AvgIpc) is 3.17. The number of nitrogens with one attached hydrogen (secondary N) is 1. The Bertz CT molecular complexity index is 1220. The van der Waals surface area contributed by atoms with Gasteiger partial charge in [-0.2, -0.15) is 0 Å². The van der Waals surface area contributed by atoms with E-state index in [1.54, 1.807) is 10.7 Å². The summed E-state index contributed by atoms with van der Waals surface area (Å²) in [4.78, 5) is 17.3. The van der Waals surface area contributed by atoms with Gasteiger partial charge >= 0.3 is 0 Å². The van der Waals surface area contributed by atoms with E-state index in [4.69, 9.17) is 11.6 Å². The molecule has 4 rings (SSSR count). The molecule has 0 unspecified atom stereocenters. The fourth-order valence-electron chi connectivity index (χ4n) is 3.01. The highest BCUT2D eigenvalue weighted by molar-refractivity contribution is 6.31. The molecule has 0 saturated heterocycles. The van der Waals surface area contributed by atoms with Gasteiger partial charge in [0.1, 0.15) is 5.82 Å². The highest BCUT2D eigenvalue weighted by Gasteiger charge is 2.20. The van der Waals surface area contributed by atoms with Crippen LogP contribution in [0.4, 0.5) is 10.1 Å². The van der Waals surface area contributed by atoms with Crippen molar-refractivity contribution in [3.8, 4) is 17.1 Å². The topological polar surface area (TPSA) is 59.8 Å². The summed E-state index contributed by atoms with van der Waals surface area (Å²) in [5, 5.41) is 7.74. The molecule has 0 bridgehead atoms. The van der Waals surface area contributed by atoms with Crippen molar-refractivity contribution >= 4 is 23.2 Å². The van der Waals surface area contributed by atoms with E-state index in [1.165, 1.54) is 24.3 Å². The number of amides is 1. The molecule has 0 atom stereocenters. The maximum atomic E-state index is 13.1. The van der Waals surface area contributed by atoms with Crippen LogP contribution in [0.3, 0.4) is 0 Å². The fraction of sp³-hybridized carbons (Fsp3) is 0.0870. The molecule has 1 N–H and O–H groups in total. The number of hydrogen-bond donors (Lipinski definition) is 1. The summed E-state index contributed by atoms with van der Waals surface area (Å²) in [5.74, 6) is -0.360. The summed E-state index contributed by atoms with van der Waals surface area (Å²) in [7, 11) is 0. The zero-order chi connectivity index (χ0) is 21.3. The molecule has 150 valence electrons. The summed E-state index contributed by atoms with van der Waals surface area (Å²) in [5.41, 5.74) is 3.93. The lowest BCUT2D eigenvalue weighted by atomic mass is 10.1. The molecule has 1 amide bonds. The van der Waals surface area contributed by atoms with Gasteiger partial charge in [-0.25, -0.2) is 14.1 Å². The van der Waals surface area contributed by atoms with E-state index in [0.717, 1.165) is 22.4 Å². The maximum Gasteiger partial charge on any atom is 0.295 e. The summed E-state index contributed by atoms with van der Waals surface area (Å²) in [6.07, 6.45) is 0. The maximum absolute atomic E-state index is 13.1. The van der Waals surface area contributed by atoms with Crippen LogP contribution >= 0.6 is 11.6 Å². The number of benzene rings is 3. The third-order valence-electron chi connectivity index (χ3n) is 4.69. The zero-order valence-electron chi connectivity index (χ0n) is 16.4. The smallest absolute Gasteiger partial charge is 0.295 e. The first-order chi connectivity index (χ1) is 14.4. The molecule has 4 aromatic rings. The average molecular weight is 421 g/mol. The molecule has 1 aromatic heterocycles. The van der Waals surface area contributed by atoms with Gasteiger partial charge in [-0.05, 0) is 55.8 Å². The second-order valence-corrected chi connectivity index (χ2v) is 7.29. The second kappa shape index (κ2) is 8.08. The van der Waals surface area contributed by atoms with Crippen LogP contribution in [-0.4, -0.2) is 20.7 Å². The summed E-state index contributed by atoms with van der Waals surface area (Å²) in [6, 6.07) is 18.8. The van der Waals surface area contributed by atoms with E-state index in [2.05, 4.69) is 15.4 Å². The molecule has 0 saturated carbocycles. The summed E-state index contributed by atoms with van der Waals surface area (Å²) >= 11 is 6.30. The van der Waals surface area contributed by atoms with Gasteiger partial charge in [0.25, 0.3) is 5.91 Å². The van der Waals surface area contributed by atoms with Crippen LogP contribution < -0.4 is 5.32 Å². The number of nitrogens with zero attached hydrogens (tertiary/aromatic N) is 3. The Balaban J connectivity index is 1.79. The number of carbonyl (C=O) groups is 1. The van der Waals surface area contributed by atoms with E-state index >= 15 is 0 Å². The van der Waals surface area contributed by atoms with Crippen LogP contribution in [0.2, 0.25) is 5.02 Å². The first kappa shape index (κ1) is 19.8. The van der Waals surface area contributed by atoms with Crippen LogP contribution in [-0.2, 0) is 0 Å². The van der Waals surface area contributed by atoms with Gasteiger partial charge in [-0.15, -0.1) is 5.10 Å². The van der Waals surface area contributed by atoms with E-state index in [1.807, 2.05) is 50.2 Å². The number of aryl methyl sites for hydroxylation is 1. The predicted octanol–water partition coefficient (Wildman–Crippen LogP) is 5.60. The quantitative estimate of drug-likeness (QED) is 0.467. The van der Waals surface area contributed by atoms with Gasteiger partial charge < -0.3 is 5.32 Å².